The molecular weight excluding hydrogens is 396 g/mol. The zero-order chi connectivity index (χ0) is 20.3. The van der Waals surface area contributed by atoms with E-state index in [1.807, 2.05) is 42.5 Å². The molecule has 0 radical (unpaired) electrons. The van der Waals surface area contributed by atoms with E-state index in [2.05, 4.69) is 41.2 Å². The van der Waals surface area contributed by atoms with Gasteiger partial charge in [0, 0.05) is 16.6 Å². The fourth-order valence-electron chi connectivity index (χ4n) is 3.13. The number of ether oxygens (including phenoxy) is 2. The predicted molar refractivity (Wildman–Crippen MR) is 121 cm³/mol. The van der Waals surface area contributed by atoms with E-state index in [0.29, 0.717) is 24.8 Å². The molecule has 7 heteroatoms. The van der Waals surface area contributed by atoms with E-state index in [0.717, 1.165) is 33.1 Å². The van der Waals surface area contributed by atoms with Crippen molar-refractivity contribution in [1.29, 1.82) is 0 Å². The van der Waals surface area contributed by atoms with Gasteiger partial charge in [-0.05, 0) is 55.3 Å². The van der Waals surface area contributed by atoms with Crippen LogP contribution in [-0.4, -0.2) is 23.2 Å². The maximum Gasteiger partial charge on any atom is 0.180 e. The van der Waals surface area contributed by atoms with Crippen molar-refractivity contribution < 1.29 is 9.47 Å². The van der Waals surface area contributed by atoms with Gasteiger partial charge in [0.1, 0.15) is 13.2 Å². The lowest BCUT2D eigenvalue weighted by molar-refractivity contribution is 0.171. The molecule has 4 aromatic rings. The molecule has 0 saturated heterocycles. The summed E-state index contributed by atoms with van der Waals surface area (Å²) >= 11 is 1.50. The van der Waals surface area contributed by atoms with E-state index in [9.17, 15) is 0 Å². The number of fused-ring (bicyclic) bond motifs is 2. The molecule has 3 aromatic carbocycles. The second kappa shape index (κ2) is 8.12. The third-order valence-corrected chi connectivity index (χ3v) is 5.47. The summed E-state index contributed by atoms with van der Waals surface area (Å²) in [6.45, 7) is 3.19. The van der Waals surface area contributed by atoms with Gasteiger partial charge in [-0.25, -0.2) is 9.97 Å². The first-order chi connectivity index (χ1) is 14.7. The van der Waals surface area contributed by atoms with Gasteiger partial charge < -0.3 is 19.5 Å². The van der Waals surface area contributed by atoms with E-state index >= 15 is 0 Å². The number of benzene rings is 3. The standard InChI is InChI=1S/C23H20N4O2S/c1-15-6-9-17(10-7-15)30-27-23-22(25-18-4-2-3-5-19(18)26-23)24-16-8-11-20-21(14-16)29-13-12-28-20/h2-11,14H,12-13H2,1H3,(H,24,25)(H,26,27). The number of hydrogen-bond acceptors (Lipinski definition) is 7. The highest BCUT2D eigenvalue weighted by molar-refractivity contribution is 8.00. The highest BCUT2D eigenvalue weighted by Gasteiger charge is 2.14. The highest BCUT2D eigenvalue weighted by Crippen LogP contribution is 2.35. The van der Waals surface area contributed by atoms with Crippen LogP contribution in [0.15, 0.2) is 71.6 Å². The molecule has 1 aliphatic rings. The lowest BCUT2D eigenvalue weighted by Gasteiger charge is -2.19. The van der Waals surface area contributed by atoms with Crippen LogP contribution in [0.25, 0.3) is 11.0 Å². The van der Waals surface area contributed by atoms with Crippen molar-refractivity contribution in [2.24, 2.45) is 0 Å². The van der Waals surface area contributed by atoms with Gasteiger partial charge in [0.2, 0.25) is 0 Å². The normalized spacial score (nSPS) is 12.6. The average molecular weight is 417 g/mol. The van der Waals surface area contributed by atoms with Crippen LogP contribution in [0.1, 0.15) is 5.56 Å². The number of hydrogen-bond donors (Lipinski definition) is 2. The quantitative estimate of drug-likeness (QED) is 0.412. The Morgan fingerprint density at radius 2 is 1.50 bits per heavy atom. The lowest BCUT2D eigenvalue weighted by Crippen LogP contribution is -2.15. The molecule has 0 unspecified atom stereocenters. The minimum Gasteiger partial charge on any atom is -0.486 e. The number of rotatable bonds is 5. The summed E-state index contributed by atoms with van der Waals surface area (Å²) in [5, 5.41) is 3.38. The van der Waals surface area contributed by atoms with Gasteiger partial charge in [0.15, 0.2) is 23.1 Å². The van der Waals surface area contributed by atoms with Gasteiger partial charge in [0.25, 0.3) is 0 Å². The molecule has 0 saturated carbocycles. The van der Waals surface area contributed by atoms with Gasteiger partial charge in [0.05, 0.1) is 11.0 Å². The number of aromatic nitrogens is 2. The fraction of sp³-hybridized carbons (Fsp3) is 0.130. The highest BCUT2D eigenvalue weighted by atomic mass is 32.2. The Morgan fingerprint density at radius 1 is 0.800 bits per heavy atom. The summed E-state index contributed by atoms with van der Waals surface area (Å²) < 4.78 is 14.7. The van der Waals surface area contributed by atoms with Crippen LogP contribution in [0.3, 0.4) is 0 Å². The Bertz CT molecular complexity index is 1200. The minimum atomic E-state index is 0.548. The van der Waals surface area contributed by atoms with Crippen LogP contribution in [0, 0.1) is 6.92 Å². The van der Waals surface area contributed by atoms with Gasteiger partial charge in [-0.3, -0.25) is 0 Å². The molecule has 2 N–H and O–H groups in total. The molecule has 0 amide bonds. The Balaban J connectivity index is 1.46. The Hall–Kier alpha value is -3.45. The zero-order valence-electron chi connectivity index (χ0n) is 16.4. The molecule has 6 nitrogen and oxygen atoms in total. The lowest BCUT2D eigenvalue weighted by atomic mass is 10.2. The predicted octanol–water partition coefficient (Wildman–Crippen LogP) is 5.57. The van der Waals surface area contributed by atoms with Crippen LogP contribution in [-0.2, 0) is 0 Å². The molecule has 2 heterocycles. The van der Waals surface area contributed by atoms with Crippen molar-refractivity contribution >= 4 is 40.3 Å². The molecule has 0 aliphatic carbocycles. The first kappa shape index (κ1) is 18.6. The van der Waals surface area contributed by atoms with E-state index in [1.165, 1.54) is 17.5 Å². The summed E-state index contributed by atoms with van der Waals surface area (Å²) in [5.74, 6) is 2.78. The van der Waals surface area contributed by atoms with Gasteiger partial charge in [-0.15, -0.1) is 0 Å². The average Bonchev–Trinajstić information content (AvgIpc) is 2.78. The second-order valence-corrected chi connectivity index (χ2v) is 7.79. The van der Waals surface area contributed by atoms with Crippen LogP contribution in [0.4, 0.5) is 17.3 Å². The molecular formula is C23H20N4O2S. The van der Waals surface area contributed by atoms with E-state index in [1.54, 1.807) is 0 Å². The molecule has 0 fully saturated rings. The first-order valence-electron chi connectivity index (χ1n) is 9.68. The van der Waals surface area contributed by atoms with E-state index in [4.69, 9.17) is 19.4 Å². The molecule has 0 atom stereocenters. The molecule has 1 aliphatic heterocycles. The summed E-state index contributed by atoms with van der Waals surface area (Å²) in [6.07, 6.45) is 0. The fourth-order valence-corrected chi connectivity index (χ4v) is 3.76. The van der Waals surface area contributed by atoms with Crippen molar-refractivity contribution in [2.45, 2.75) is 11.8 Å². The van der Waals surface area contributed by atoms with Crippen molar-refractivity contribution in [2.75, 3.05) is 23.3 Å². The maximum atomic E-state index is 5.70. The van der Waals surface area contributed by atoms with Crippen molar-refractivity contribution in [3.8, 4) is 11.5 Å². The van der Waals surface area contributed by atoms with Crippen LogP contribution < -0.4 is 19.5 Å². The Kier molecular flexibility index (Phi) is 5.03. The Labute approximate surface area is 178 Å². The largest absolute Gasteiger partial charge is 0.486 e. The SMILES string of the molecule is Cc1ccc(SNc2nc3ccccc3nc2Nc2ccc3c(c2)OCCO3)cc1. The van der Waals surface area contributed by atoms with Crippen molar-refractivity contribution in [3.05, 3.63) is 72.3 Å². The topological polar surface area (TPSA) is 68.3 Å². The zero-order valence-corrected chi connectivity index (χ0v) is 17.2. The molecule has 0 bridgehead atoms. The maximum absolute atomic E-state index is 5.70. The van der Waals surface area contributed by atoms with Gasteiger partial charge >= 0.3 is 0 Å². The molecule has 1 aromatic heterocycles. The molecule has 5 rings (SSSR count). The third-order valence-electron chi connectivity index (χ3n) is 4.66. The second-order valence-electron chi connectivity index (χ2n) is 6.91. The van der Waals surface area contributed by atoms with Crippen molar-refractivity contribution in [3.63, 3.8) is 0 Å². The van der Waals surface area contributed by atoms with Crippen LogP contribution in [0.5, 0.6) is 11.5 Å². The monoisotopic (exact) mass is 416 g/mol. The summed E-state index contributed by atoms with van der Waals surface area (Å²) in [5.41, 5.74) is 3.73. The smallest absolute Gasteiger partial charge is 0.180 e. The molecule has 30 heavy (non-hydrogen) atoms. The van der Waals surface area contributed by atoms with Crippen LogP contribution in [0.2, 0.25) is 0 Å². The van der Waals surface area contributed by atoms with E-state index < -0.39 is 0 Å². The Morgan fingerprint density at radius 3 is 2.27 bits per heavy atom. The number of aryl methyl sites for hydroxylation is 1. The minimum absolute atomic E-state index is 0.548. The first-order valence-corrected chi connectivity index (χ1v) is 10.5. The third kappa shape index (κ3) is 3.97. The van der Waals surface area contributed by atoms with Crippen molar-refractivity contribution in [1.82, 2.24) is 9.97 Å². The molecule has 150 valence electrons. The number of para-hydroxylation sites is 2. The summed E-state index contributed by atoms with van der Waals surface area (Å²) in [6, 6.07) is 21.9. The van der Waals surface area contributed by atoms with Crippen LogP contribution >= 0.6 is 11.9 Å². The number of nitrogens with one attached hydrogen (secondary N) is 2. The van der Waals surface area contributed by atoms with Gasteiger partial charge in [-0.2, -0.15) is 0 Å². The summed E-state index contributed by atoms with van der Waals surface area (Å²) in [7, 11) is 0. The van der Waals surface area contributed by atoms with E-state index in [-0.39, 0.29) is 0 Å². The number of nitrogens with zero attached hydrogens (tertiary/aromatic N) is 2. The number of anilines is 3. The molecule has 0 spiro atoms. The summed E-state index contributed by atoms with van der Waals surface area (Å²) in [4.78, 5) is 10.7. The van der Waals surface area contributed by atoms with Gasteiger partial charge in [-0.1, -0.05) is 29.8 Å².